The molecule has 0 saturated carbocycles. The van der Waals surface area contributed by atoms with E-state index in [4.69, 9.17) is 13.9 Å². The van der Waals surface area contributed by atoms with Crippen molar-refractivity contribution in [3.8, 4) is 5.88 Å². The van der Waals surface area contributed by atoms with Crippen molar-refractivity contribution in [1.82, 2.24) is 9.88 Å². The van der Waals surface area contributed by atoms with Gasteiger partial charge in [-0.1, -0.05) is 6.07 Å². The van der Waals surface area contributed by atoms with Crippen molar-refractivity contribution in [2.24, 2.45) is 11.3 Å². The van der Waals surface area contributed by atoms with E-state index in [1.54, 1.807) is 24.6 Å². The molecule has 2 aromatic heterocycles. The SMILES string of the molecule is O=C(c1ccco1)N1CCC2(CCOC[C@@H]2COc2ccccn2)CC1. The number of rotatable bonds is 4. The number of furan rings is 1. The van der Waals surface area contributed by atoms with Crippen molar-refractivity contribution >= 4 is 5.91 Å². The molecule has 2 aromatic rings. The van der Waals surface area contributed by atoms with Gasteiger partial charge >= 0.3 is 0 Å². The lowest BCUT2D eigenvalue weighted by atomic mass is 9.66. The van der Waals surface area contributed by atoms with Crippen LogP contribution in [0, 0.1) is 11.3 Å². The lowest BCUT2D eigenvalue weighted by molar-refractivity contribution is -0.0827. The van der Waals surface area contributed by atoms with Crippen LogP contribution in [0.2, 0.25) is 0 Å². The molecule has 0 radical (unpaired) electrons. The zero-order valence-corrected chi connectivity index (χ0v) is 14.8. The monoisotopic (exact) mass is 356 g/mol. The Kier molecular flexibility index (Phi) is 4.93. The molecule has 0 N–H and O–H groups in total. The molecule has 6 heteroatoms. The molecule has 4 heterocycles. The lowest BCUT2D eigenvalue weighted by Gasteiger charge is -2.48. The maximum absolute atomic E-state index is 12.5. The molecule has 2 aliphatic rings. The van der Waals surface area contributed by atoms with E-state index in [2.05, 4.69) is 4.98 Å². The highest BCUT2D eigenvalue weighted by molar-refractivity contribution is 5.91. The Labute approximate surface area is 153 Å². The predicted octanol–water partition coefficient (Wildman–Crippen LogP) is 3.01. The Balaban J connectivity index is 1.39. The van der Waals surface area contributed by atoms with Crippen LogP contribution in [0.1, 0.15) is 29.8 Å². The zero-order chi connectivity index (χ0) is 17.8. The standard InChI is InChI=1S/C20H24N2O4/c23-19(17-4-3-12-25-17)22-10-6-20(7-11-22)8-13-24-14-16(20)15-26-18-5-1-2-9-21-18/h1-5,9,12,16H,6-8,10-11,13-15H2/t16-/m1/s1. The minimum Gasteiger partial charge on any atom is -0.477 e. The fourth-order valence-electron chi connectivity index (χ4n) is 4.09. The first kappa shape index (κ1) is 17.1. The highest BCUT2D eigenvalue weighted by Crippen LogP contribution is 2.45. The maximum atomic E-state index is 12.5. The predicted molar refractivity (Wildman–Crippen MR) is 94.9 cm³/mol. The van der Waals surface area contributed by atoms with Crippen LogP contribution >= 0.6 is 0 Å². The van der Waals surface area contributed by atoms with Crippen molar-refractivity contribution in [3.05, 3.63) is 48.6 Å². The van der Waals surface area contributed by atoms with Crippen LogP contribution in [-0.2, 0) is 4.74 Å². The third-order valence-corrected chi connectivity index (χ3v) is 5.78. The highest BCUT2D eigenvalue weighted by Gasteiger charge is 2.44. The quantitative estimate of drug-likeness (QED) is 0.843. The molecule has 2 fully saturated rings. The van der Waals surface area contributed by atoms with Gasteiger partial charge in [-0.05, 0) is 42.9 Å². The molecule has 6 nitrogen and oxygen atoms in total. The minimum atomic E-state index is -0.0156. The average molecular weight is 356 g/mol. The van der Waals surface area contributed by atoms with Gasteiger partial charge in [-0.3, -0.25) is 4.79 Å². The van der Waals surface area contributed by atoms with Crippen molar-refractivity contribution in [2.75, 3.05) is 32.9 Å². The van der Waals surface area contributed by atoms with Gasteiger partial charge in [-0.15, -0.1) is 0 Å². The number of nitrogens with zero attached hydrogens (tertiary/aromatic N) is 2. The van der Waals surface area contributed by atoms with Gasteiger partial charge in [0.25, 0.3) is 5.91 Å². The Morgan fingerprint density at radius 3 is 2.85 bits per heavy atom. The molecule has 0 aromatic carbocycles. The number of amides is 1. The van der Waals surface area contributed by atoms with Gasteiger partial charge in [0.05, 0.1) is 19.5 Å². The molecule has 0 unspecified atom stereocenters. The molecule has 2 saturated heterocycles. The largest absolute Gasteiger partial charge is 0.477 e. The summed E-state index contributed by atoms with van der Waals surface area (Å²) in [5, 5.41) is 0. The number of carbonyl (C=O) groups excluding carboxylic acids is 1. The summed E-state index contributed by atoms with van der Waals surface area (Å²) < 4.78 is 16.9. The Hall–Kier alpha value is -2.34. The van der Waals surface area contributed by atoms with Crippen LogP contribution in [0.25, 0.3) is 0 Å². The normalized spacial score (nSPS) is 22.3. The van der Waals surface area contributed by atoms with Gasteiger partial charge in [-0.2, -0.15) is 0 Å². The number of carbonyl (C=O) groups is 1. The molecular formula is C20H24N2O4. The van der Waals surface area contributed by atoms with E-state index < -0.39 is 0 Å². The first-order chi connectivity index (χ1) is 12.8. The van der Waals surface area contributed by atoms with Crippen LogP contribution in [-0.4, -0.2) is 48.7 Å². The second-order valence-corrected chi connectivity index (χ2v) is 7.13. The van der Waals surface area contributed by atoms with Crippen molar-refractivity contribution in [2.45, 2.75) is 19.3 Å². The fourth-order valence-corrected chi connectivity index (χ4v) is 4.09. The number of likely N-dealkylation sites (tertiary alicyclic amines) is 1. The third kappa shape index (κ3) is 3.46. The molecule has 1 amide bonds. The van der Waals surface area contributed by atoms with Gasteiger partial charge in [0, 0.05) is 37.9 Å². The Bertz CT molecular complexity index is 709. The van der Waals surface area contributed by atoms with E-state index in [1.807, 2.05) is 23.1 Å². The summed E-state index contributed by atoms with van der Waals surface area (Å²) in [6.07, 6.45) is 6.24. The molecule has 1 spiro atoms. The summed E-state index contributed by atoms with van der Waals surface area (Å²) in [6, 6.07) is 9.16. The van der Waals surface area contributed by atoms with Gasteiger partial charge < -0.3 is 18.8 Å². The van der Waals surface area contributed by atoms with Gasteiger partial charge in [0.2, 0.25) is 5.88 Å². The van der Waals surface area contributed by atoms with E-state index in [1.165, 1.54) is 0 Å². The second kappa shape index (κ2) is 7.50. The minimum absolute atomic E-state index is 0.0156. The lowest BCUT2D eigenvalue weighted by Crippen LogP contribution is -2.50. The van der Waals surface area contributed by atoms with Crippen LogP contribution in [0.3, 0.4) is 0 Å². The molecule has 0 bridgehead atoms. The Morgan fingerprint density at radius 1 is 1.23 bits per heavy atom. The third-order valence-electron chi connectivity index (χ3n) is 5.78. The first-order valence-electron chi connectivity index (χ1n) is 9.21. The van der Waals surface area contributed by atoms with Crippen LogP contribution < -0.4 is 4.74 Å². The van der Waals surface area contributed by atoms with Crippen molar-refractivity contribution in [1.29, 1.82) is 0 Å². The van der Waals surface area contributed by atoms with E-state index in [0.29, 0.717) is 30.8 Å². The molecule has 2 aliphatic heterocycles. The number of aromatic nitrogens is 1. The highest BCUT2D eigenvalue weighted by atomic mass is 16.5. The summed E-state index contributed by atoms with van der Waals surface area (Å²) in [4.78, 5) is 18.6. The number of pyridine rings is 1. The average Bonchev–Trinajstić information content (AvgIpc) is 3.23. The molecule has 1 atom stereocenters. The van der Waals surface area contributed by atoms with Gasteiger partial charge in [-0.25, -0.2) is 4.98 Å². The summed E-state index contributed by atoms with van der Waals surface area (Å²) in [7, 11) is 0. The van der Waals surface area contributed by atoms with E-state index >= 15 is 0 Å². The molecule has 138 valence electrons. The zero-order valence-electron chi connectivity index (χ0n) is 14.8. The second-order valence-electron chi connectivity index (χ2n) is 7.13. The van der Waals surface area contributed by atoms with Crippen LogP contribution in [0.15, 0.2) is 47.2 Å². The number of piperidine rings is 1. The first-order valence-corrected chi connectivity index (χ1v) is 9.21. The number of hydrogen-bond acceptors (Lipinski definition) is 5. The summed E-state index contributed by atoms with van der Waals surface area (Å²) in [5.74, 6) is 1.37. The fraction of sp³-hybridized carbons (Fsp3) is 0.500. The van der Waals surface area contributed by atoms with Crippen molar-refractivity contribution in [3.63, 3.8) is 0 Å². The summed E-state index contributed by atoms with van der Waals surface area (Å²) in [5.41, 5.74) is 0.174. The summed E-state index contributed by atoms with van der Waals surface area (Å²) in [6.45, 7) is 3.59. The van der Waals surface area contributed by atoms with E-state index in [-0.39, 0.29) is 11.3 Å². The maximum Gasteiger partial charge on any atom is 0.289 e. The molecular weight excluding hydrogens is 332 g/mol. The molecule has 4 rings (SSSR count). The van der Waals surface area contributed by atoms with Gasteiger partial charge in [0.1, 0.15) is 0 Å². The molecule has 0 aliphatic carbocycles. The van der Waals surface area contributed by atoms with E-state index in [0.717, 1.165) is 39.0 Å². The van der Waals surface area contributed by atoms with Crippen LogP contribution in [0.5, 0.6) is 5.88 Å². The number of ether oxygens (including phenoxy) is 2. The topological polar surface area (TPSA) is 64.8 Å². The van der Waals surface area contributed by atoms with Crippen LogP contribution in [0.4, 0.5) is 0 Å². The Morgan fingerprint density at radius 2 is 2.12 bits per heavy atom. The van der Waals surface area contributed by atoms with Crippen molar-refractivity contribution < 1.29 is 18.7 Å². The van der Waals surface area contributed by atoms with E-state index in [9.17, 15) is 4.79 Å². The van der Waals surface area contributed by atoms with Gasteiger partial charge in [0.15, 0.2) is 5.76 Å². The smallest absolute Gasteiger partial charge is 0.289 e. The molecule has 26 heavy (non-hydrogen) atoms. The number of hydrogen-bond donors (Lipinski definition) is 0. The summed E-state index contributed by atoms with van der Waals surface area (Å²) >= 11 is 0.